The average Bonchev–Trinajstić information content (AvgIpc) is 2.29. The molecule has 88 valence electrons. The average molecular weight is 243 g/mol. The summed E-state index contributed by atoms with van der Waals surface area (Å²) in [6.45, 7) is 2.08. The van der Waals surface area contributed by atoms with Crippen LogP contribution in [0.3, 0.4) is 0 Å². The van der Waals surface area contributed by atoms with Crippen molar-refractivity contribution in [2.75, 3.05) is 13.7 Å². The minimum absolute atomic E-state index is 0.383. The van der Waals surface area contributed by atoms with E-state index in [1.807, 2.05) is 0 Å². The summed E-state index contributed by atoms with van der Waals surface area (Å²) in [5.41, 5.74) is 2.19. The summed E-state index contributed by atoms with van der Waals surface area (Å²) in [5, 5.41) is 9.42. The molecule has 0 aliphatic rings. The second-order valence-electron chi connectivity index (χ2n) is 3.26. The SMILES string of the molecule is COc1cc([C@@H](C)O)ccc1OCC=CCl. The highest BCUT2D eigenvalue weighted by atomic mass is 35.5. The number of halogens is 1. The van der Waals surface area contributed by atoms with Gasteiger partial charge < -0.3 is 14.6 Å². The van der Waals surface area contributed by atoms with Gasteiger partial charge in [0, 0.05) is 5.54 Å². The quantitative estimate of drug-likeness (QED) is 0.863. The summed E-state index contributed by atoms with van der Waals surface area (Å²) in [5.74, 6) is 1.23. The summed E-state index contributed by atoms with van der Waals surface area (Å²) in [4.78, 5) is 0. The Morgan fingerprint density at radius 3 is 2.75 bits per heavy atom. The number of hydrogen-bond acceptors (Lipinski definition) is 3. The zero-order valence-corrected chi connectivity index (χ0v) is 10.1. The van der Waals surface area contributed by atoms with E-state index in [1.54, 1.807) is 38.3 Å². The molecule has 0 spiro atoms. The zero-order valence-electron chi connectivity index (χ0n) is 9.31. The van der Waals surface area contributed by atoms with Crippen molar-refractivity contribution in [3.05, 3.63) is 35.4 Å². The van der Waals surface area contributed by atoms with E-state index in [0.717, 1.165) is 5.56 Å². The number of aliphatic hydroxyl groups excluding tert-OH is 1. The highest BCUT2D eigenvalue weighted by Crippen LogP contribution is 2.30. The lowest BCUT2D eigenvalue weighted by Crippen LogP contribution is -1.98. The molecule has 1 aromatic rings. The van der Waals surface area contributed by atoms with E-state index in [4.69, 9.17) is 21.1 Å². The van der Waals surface area contributed by atoms with Crippen LogP contribution in [0, 0.1) is 0 Å². The summed E-state index contributed by atoms with van der Waals surface area (Å²) < 4.78 is 10.6. The first-order valence-corrected chi connectivity index (χ1v) is 5.36. The maximum atomic E-state index is 9.42. The second kappa shape index (κ2) is 6.40. The fourth-order valence-corrected chi connectivity index (χ4v) is 1.31. The molecule has 0 heterocycles. The molecule has 4 heteroatoms. The third-order valence-corrected chi connectivity index (χ3v) is 2.27. The normalized spacial score (nSPS) is 12.8. The molecule has 0 aliphatic carbocycles. The smallest absolute Gasteiger partial charge is 0.161 e. The Labute approximate surface area is 100 Å². The molecule has 0 saturated heterocycles. The number of methoxy groups -OCH3 is 1. The first-order chi connectivity index (χ1) is 7.69. The number of rotatable bonds is 5. The Balaban J connectivity index is 2.84. The van der Waals surface area contributed by atoms with Crippen molar-refractivity contribution in [2.45, 2.75) is 13.0 Å². The Kier molecular flexibility index (Phi) is 5.15. The van der Waals surface area contributed by atoms with Gasteiger partial charge in [0.1, 0.15) is 6.61 Å². The minimum atomic E-state index is -0.523. The molecule has 0 amide bonds. The van der Waals surface area contributed by atoms with E-state index < -0.39 is 6.10 Å². The van der Waals surface area contributed by atoms with E-state index >= 15 is 0 Å². The van der Waals surface area contributed by atoms with Crippen molar-refractivity contribution in [3.8, 4) is 11.5 Å². The summed E-state index contributed by atoms with van der Waals surface area (Å²) in [6, 6.07) is 5.32. The van der Waals surface area contributed by atoms with Crippen molar-refractivity contribution in [1.82, 2.24) is 0 Å². The molecule has 0 radical (unpaired) electrons. The topological polar surface area (TPSA) is 38.7 Å². The highest BCUT2D eigenvalue weighted by molar-refractivity contribution is 6.25. The van der Waals surface area contributed by atoms with E-state index in [9.17, 15) is 5.11 Å². The van der Waals surface area contributed by atoms with Crippen LogP contribution in [-0.4, -0.2) is 18.8 Å². The van der Waals surface area contributed by atoms with Gasteiger partial charge in [-0.05, 0) is 30.7 Å². The number of ether oxygens (including phenoxy) is 2. The number of benzene rings is 1. The van der Waals surface area contributed by atoms with Crippen LogP contribution in [0.2, 0.25) is 0 Å². The van der Waals surface area contributed by atoms with Gasteiger partial charge in [-0.3, -0.25) is 0 Å². The third kappa shape index (κ3) is 3.43. The van der Waals surface area contributed by atoms with Gasteiger partial charge in [-0.15, -0.1) is 0 Å². The molecule has 3 nitrogen and oxygen atoms in total. The van der Waals surface area contributed by atoms with Gasteiger partial charge in [-0.25, -0.2) is 0 Å². The third-order valence-electron chi connectivity index (χ3n) is 2.09. The van der Waals surface area contributed by atoms with Crippen LogP contribution in [0.5, 0.6) is 11.5 Å². The van der Waals surface area contributed by atoms with Crippen LogP contribution in [0.25, 0.3) is 0 Å². The maximum Gasteiger partial charge on any atom is 0.161 e. The predicted molar refractivity (Wildman–Crippen MR) is 64.1 cm³/mol. The minimum Gasteiger partial charge on any atom is -0.493 e. The van der Waals surface area contributed by atoms with Crippen LogP contribution >= 0.6 is 11.6 Å². The molecule has 0 fully saturated rings. The lowest BCUT2D eigenvalue weighted by atomic mass is 10.1. The van der Waals surface area contributed by atoms with E-state index in [1.165, 1.54) is 5.54 Å². The molecule has 0 aromatic heterocycles. The first kappa shape index (κ1) is 12.9. The van der Waals surface area contributed by atoms with Crippen molar-refractivity contribution < 1.29 is 14.6 Å². The summed E-state index contributed by atoms with van der Waals surface area (Å²) in [6.07, 6.45) is 1.16. The van der Waals surface area contributed by atoms with Crippen molar-refractivity contribution >= 4 is 11.6 Å². The van der Waals surface area contributed by atoms with Gasteiger partial charge in [0.2, 0.25) is 0 Å². The van der Waals surface area contributed by atoms with E-state index in [0.29, 0.717) is 18.1 Å². The van der Waals surface area contributed by atoms with Crippen LogP contribution in [-0.2, 0) is 0 Å². The molecule has 0 unspecified atom stereocenters. The fraction of sp³-hybridized carbons (Fsp3) is 0.333. The molecule has 1 atom stereocenters. The van der Waals surface area contributed by atoms with Crippen molar-refractivity contribution in [1.29, 1.82) is 0 Å². The van der Waals surface area contributed by atoms with Gasteiger partial charge >= 0.3 is 0 Å². The summed E-state index contributed by atoms with van der Waals surface area (Å²) in [7, 11) is 1.56. The zero-order chi connectivity index (χ0) is 12.0. The Bertz CT molecular complexity index is 361. The lowest BCUT2D eigenvalue weighted by molar-refractivity contribution is 0.198. The molecule has 0 saturated carbocycles. The lowest BCUT2D eigenvalue weighted by Gasteiger charge is -2.12. The first-order valence-electron chi connectivity index (χ1n) is 4.93. The standard InChI is InChI=1S/C12H15ClO3/c1-9(14)10-4-5-11(12(8-10)15-2)16-7-3-6-13/h3-6,8-9,14H,7H2,1-2H3/t9-/m1/s1. The van der Waals surface area contributed by atoms with E-state index in [2.05, 4.69) is 0 Å². The van der Waals surface area contributed by atoms with Gasteiger partial charge in [0.25, 0.3) is 0 Å². The molecule has 0 bridgehead atoms. The maximum absolute atomic E-state index is 9.42. The van der Waals surface area contributed by atoms with Crippen LogP contribution in [0.15, 0.2) is 29.8 Å². The largest absolute Gasteiger partial charge is 0.493 e. The molecule has 1 rings (SSSR count). The van der Waals surface area contributed by atoms with Gasteiger partial charge in [0.05, 0.1) is 13.2 Å². The molecule has 1 N–H and O–H groups in total. The molecular formula is C12H15ClO3. The van der Waals surface area contributed by atoms with Gasteiger partial charge in [0.15, 0.2) is 11.5 Å². The van der Waals surface area contributed by atoms with Crippen molar-refractivity contribution in [3.63, 3.8) is 0 Å². The van der Waals surface area contributed by atoms with Crippen LogP contribution < -0.4 is 9.47 Å². The molecule has 0 aliphatic heterocycles. The fourth-order valence-electron chi connectivity index (χ4n) is 1.24. The Morgan fingerprint density at radius 2 is 2.19 bits per heavy atom. The van der Waals surface area contributed by atoms with Crippen molar-refractivity contribution in [2.24, 2.45) is 0 Å². The highest BCUT2D eigenvalue weighted by Gasteiger charge is 2.07. The van der Waals surface area contributed by atoms with Gasteiger partial charge in [-0.1, -0.05) is 17.7 Å². The number of hydrogen-bond donors (Lipinski definition) is 1. The second-order valence-corrected chi connectivity index (χ2v) is 3.51. The molecule has 16 heavy (non-hydrogen) atoms. The Morgan fingerprint density at radius 1 is 1.44 bits per heavy atom. The van der Waals surface area contributed by atoms with Gasteiger partial charge in [-0.2, -0.15) is 0 Å². The monoisotopic (exact) mass is 242 g/mol. The number of aliphatic hydroxyl groups is 1. The predicted octanol–water partition coefficient (Wildman–Crippen LogP) is 2.88. The van der Waals surface area contributed by atoms with Crippen LogP contribution in [0.1, 0.15) is 18.6 Å². The molecular weight excluding hydrogens is 228 g/mol. The van der Waals surface area contributed by atoms with E-state index in [-0.39, 0.29) is 0 Å². The van der Waals surface area contributed by atoms with Crippen LogP contribution in [0.4, 0.5) is 0 Å². The molecule has 1 aromatic carbocycles. The Hall–Kier alpha value is -1.19. The summed E-state index contributed by atoms with van der Waals surface area (Å²) >= 11 is 5.38.